The van der Waals surface area contributed by atoms with Crippen molar-refractivity contribution in [1.29, 1.82) is 0 Å². The van der Waals surface area contributed by atoms with Crippen LogP contribution in [0.25, 0.3) is 0 Å². The van der Waals surface area contributed by atoms with Gasteiger partial charge < -0.3 is 14.8 Å². The summed E-state index contributed by atoms with van der Waals surface area (Å²) < 4.78 is 6.17. The Kier molecular flexibility index (Phi) is 5.39. The standard InChI is InChI=1S/C17H18BrNO2/c1-12(11-20)17(13-3-5-14(18)6-4-13)19-15-7-9-16(21-2)10-8-15/h3-12,17,19H,1-2H3/t12-,17+/m1/s1. The third-order valence-corrected chi connectivity index (χ3v) is 3.91. The Balaban J connectivity index is 2.23. The van der Waals surface area contributed by atoms with E-state index in [1.807, 2.05) is 55.5 Å². The van der Waals surface area contributed by atoms with Gasteiger partial charge in [-0.2, -0.15) is 0 Å². The minimum absolute atomic E-state index is 0.0657. The van der Waals surface area contributed by atoms with E-state index in [2.05, 4.69) is 21.2 Å². The van der Waals surface area contributed by atoms with E-state index in [0.29, 0.717) is 0 Å². The summed E-state index contributed by atoms with van der Waals surface area (Å²) in [5.41, 5.74) is 2.03. The van der Waals surface area contributed by atoms with E-state index >= 15 is 0 Å². The quantitative estimate of drug-likeness (QED) is 0.784. The van der Waals surface area contributed by atoms with Gasteiger partial charge in [-0.15, -0.1) is 0 Å². The second-order valence-electron chi connectivity index (χ2n) is 4.90. The van der Waals surface area contributed by atoms with Crippen molar-refractivity contribution in [1.82, 2.24) is 0 Å². The van der Waals surface area contributed by atoms with Crippen LogP contribution in [0.4, 0.5) is 5.69 Å². The molecule has 3 nitrogen and oxygen atoms in total. The average molecular weight is 348 g/mol. The van der Waals surface area contributed by atoms with Crippen LogP contribution in [-0.4, -0.2) is 13.4 Å². The maximum atomic E-state index is 11.2. The fourth-order valence-corrected chi connectivity index (χ4v) is 2.40. The van der Waals surface area contributed by atoms with E-state index in [-0.39, 0.29) is 12.0 Å². The third-order valence-electron chi connectivity index (χ3n) is 3.38. The number of hydrogen-bond donors (Lipinski definition) is 1. The number of anilines is 1. The van der Waals surface area contributed by atoms with E-state index in [0.717, 1.165) is 27.8 Å². The number of rotatable bonds is 6. The highest BCUT2D eigenvalue weighted by atomic mass is 79.9. The van der Waals surface area contributed by atoms with Crippen molar-refractivity contribution in [2.24, 2.45) is 5.92 Å². The Bertz CT molecular complexity index is 581. The average Bonchev–Trinajstić information content (AvgIpc) is 2.53. The maximum absolute atomic E-state index is 11.2. The highest BCUT2D eigenvalue weighted by Crippen LogP contribution is 2.27. The number of nitrogens with one attached hydrogen (secondary N) is 1. The fraction of sp³-hybridized carbons (Fsp3) is 0.235. The Morgan fingerprint density at radius 1 is 1.10 bits per heavy atom. The van der Waals surface area contributed by atoms with Crippen molar-refractivity contribution >= 4 is 27.9 Å². The second-order valence-corrected chi connectivity index (χ2v) is 5.81. The van der Waals surface area contributed by atoms with Gasteiger partial charge in [0.1, 0.15) is 12.0 Å². The van der Waals surface area contributed by atoms with E-state index in [4.69, 9.17) is 4.74 Å². The molecular formula is C17H18BrNO2. The van der Waals surface area contributed by atoms with Crippen LogP contribution in [0.3, 0.4) is 0 Å². The lowest BCUT2D eigenvalue weighted by Gasteiger charge is -2.23. The van der Waals surface area contributed by atoms with Crippen LogP contribution in [0.5, 0.6) is 5.75 Å². The molecule has 0 fully saturated rings. The molecule has 0 heterocycles. The first-order valence-corrected chi connectivity index (χ1v) is 7.54. The number of halogens is 1. The van der Waals surface area contributed by atoms with Crippen molar-refractivity contribution in [3.63, 3.8) is 0 Å². The largest absolute Gasteiger partial charge is 0.497 e. The van der Waals surface area contributed by atoms with Crippen LogP contribution in [0.2, 0.25) is 0 Å². The zero-order valence-electron chi connectivity index (χ0n) is 12.0. The topological polar surface area (TPSA) is 38.3 Å². The maximum Gasteiger partial charge on any atom is 0.125 e. The van der Waals surface area contributed by atoms with Crippen molar-refractivity contribution in [2.75, 3.05) is 12.4 Å². The SMILES string of the molecule is COc1ccc(N[C@H](c2ccc(Br)cc2)[C@H](C)C=O)cc1. The molecule has 0 spiro atoms. The first-order chi connectivity index (χ1) is 10.1. The lowest BCUT2D eigenvalue weighted by Crippen LogP contribution is -2.19. The van der Waals surface area contributed by atoms with Gasteiger partial charge in [0.2, 0.25) is 0 Å². The summed E-state index contributed by atoms with van der Waals surface area (Å²) in [6.45, 7) is 1.91. The van der Waals surface area contributed by atoms with Gasteiger partial charge in [-0.05, 0) is 42.0 Å². The van der Waals surface area contributed by atoms with Gasteiger partial charge in [-0.1, -0.05) is 35.0 Å². The number of methoxy groups -OCH3 is 1. The summed E-state index contributed by atoms with van der Waals surface area (Å²) in [7, 11) is 1.64. The lowest BCUT2D eigenvalue weighted by atomic mass is 9.95. The molecule has 21 heavy (non-hydrogen) atoms. The molecular weight excluding hydrogens is 330 g/mol. The summed E-state index contributed by atoms with van der Waals surface area (Å²) in [6, 6.07) is 15.6. The molecule has 0 aliphatic carbocycles. The molecule has 0 amide bonds. The minimum atomic E-state index is -0.131. The van der Waals surface area contributed by atoms with Gasteiger partial charge in [0.25, 0.3) is 0 Å². The van der Waals surface area contributed by atoms with E-state index in [1.54, 1.807) is 7.11 Å². The Hall–Kier alpha value is -1.81. The van der Waals surface area contributed by atoms with Gasteiger partial charge in [0, 0.05) is 16.1 Å². The molecule has 0 radical (unpaired) electrons. The molecule has 0 saturated carbocycles. The number of aldehydes is 1. The third kappa shape index (κ3) is 4.08. The molecule has 0 bridgehead atoms. The lowest BCUT2D eigenvalue weighted by molar-refractivity contribution is -0.111. The molecule has 2 aromatic carbocycles. The van der Waals surface area contributed by atoms with Crippen molar-refractivity contribution in [3.8, 4) is 5.75 Å². The first kappa shape index (κ1) is 15.6. The highest BCUT2D eigenvalue weighted by Gasteiger charge is 2.18. The summed E-state index contributed by atoms with van der Waals surface area (Å²) in [4.78, 5) is 11.2. The Morgan fingerprint density at radius 3 is 2.24 bits per heavy atom. The minimum Gasteiger partial charge on any atom is -0.497 e. The molecule has 0 aliphatic rings. The number of hydrogen-bond acceptors (Lipinski definition) is 3. The van der Waals surface area contributed by atoms with E-state index in [9.17, 15) is 4.79 Å². The number of carbonyl (C=O) groups is 1. The smallest absolute Gasteiger partial charge is 0.125 e. The Labute approximate surface area is 133 Å². The molecule has 4 heteroatoms. The molecule has 2 atom stereocenters. The summed E-state index contributed by atoms with van der Waals surface area (Å²) >= 11 is 3.43. The highest BCUT2D eigenvalue weighted by molar-refractivity contribution is 9.10. The summed E-state index contributed by atoms with van der Waals surface area (Å²) in [6.07, 6.45) is 0.975. The second kappa shape index (κ2) is 7.27. The zero-order chi connectivity index (χ0) is 15.2. The molecule has 110 valence electrons. The van der Waals surface area contributed by atoms with Crippen LogP contribution in [-0.2, 0) is 4.79 Å². The van der Waals surface area contributed by atoms with Crippen LogP contribution in [0.1, 0.15) is 18.5 Å². The number of ether oxygens (including phenoxy) is 1. The number of carbonyl (C=O) groups excluding carboxylic acids is 1. The fourth-order valence-electron chi connectivity index (χ4n) is 2.13. The van der Waals surface area contributed by atoms with Gasteiger partial charge >= 0.3 is 0 Å². The molecule has 2 aromatic rings. The monoisotopic (exact) mass is 347 g/mol. The van der Waals surface area contributed by atoms with Gasteiger partial charge in [-0.3, -0.25) is 0 Å². The number of benzene rings is 2. The van der Waals surface area contributed by atoms with E-state index in [1.165, 1.54) is 0 Å². The molecule has 0 aromatic heterocycles. The normalized spacial score (nSPS) is 13.3. The van der Waals surface area contributed by atoms with Gasteiger partial charge in [0.15, 0.2) is 0 Å². The van der Waals surface area contributed by atoms with Crippen LogP contribution < -0.4 is 10.1 Å². The molecule has 2 rings (SSSR count). The first-order valence-electron chi connectivity index (χ1n) is 6.75. The van der Waals surface area contributed by atoms with Gasteiger partial charge in [0.05, 0.1) is 13.2 Å². The predicted molar refractivity (Wildman–Crippen MR) is 88.7 cm³/mol. The zero-order valence-corrected chi connectivity index (χ0v) is 13.6. The van der Waals surface area contributed by atoms with Gasteiger partial charge in [-0.25, -0.2) is 0 Å². The molecule has 0 unspecified atom stereocenters. The van der Waals surface area contributed by atoms with Crippen molar-refractivity contribution < 1.29 is 9.53 Å². The summed E-state index contributed by atoms with van der Waals surface area (Å²) in [5, 5.41) is 3.41. The van der Waals surface area contributed by atoms with Crippen LogP contribution in [0.15, 0.2) is 53.0 Å². The van der Waals surface area contributed by atoms with Crippen molar-refractivity contribution in [3.05, 3.63) is 58.6 Å². The molecule has 1 N–H and O–H groups in total. The van der Waals surface area contributed by atoms with Crippen molar-refractivity contribution in [2.45, 2.75) is 13.0 Å². The molecule has 0 saturated heterocycles. The molecule has 0 aliphatic heterocycles. The van der Waals surface area contributed by atoms with Crippen LogP contribution in [0, 0.1) is 5.92 Å². The van der Waals surface area contributed by atoms with Crippen LogP contribution >= 0.6 is 15.9 Å². The summed E-state index contributed by atoms with van der Waals surface area (Å²) in [5.74, 6) is 0.678. The predicted octanol–water partition coefficient (Wildman–Crippen LogP) is 4.45. The Morgan fingerprint density at radius 2 is 1.71 bits per heavy atom. The van der Waals surface area contributed by atoms with E-state index < -0.39 is 0 Å².